The average Bonchev–Trinajstić information content (AvgIpc) is 3.34. The summed E-state index contributed by atoms with van der Waals surface area (Å²) in [5, 5.41) is 19.2. The molecular weight excluding hydrogens is 484 g/mol. The largest absolute Gasteiger partial charge is 0.445 e. The molecule has 1 heterocycles. The summed E-state index contributed by atoms with van der Waals surface area (Å²) < 4.78 is 7.54. The molecule has 2 amide bonds. The number of ether oxygens (including phenoxy) is 1. The van der Waals surface area contributed by atoms with E-state index in [-0.39, 0.29) is 12.5 Å². The van der Waals surface area contributed by atoms with Gasteiger partial charge in [-0.3, -0.25) is 14.7 Å². The standard InChI is InChI=1S/C15H20N4OS2.C9H8N2O2/c16-22-17-10-6-2-5-9-14(20)19-15-18-13(11-21-15)12-7-3-1-4-8-12;10-5-7-1-3-8(4-2-7)6-13-9(11)12/h1,3-4,7-8,11,17H,2,5-6,9-10,16H2,(H,18,19,20);1-4H,6H2,(H2,11,12). The lowest BCUT2D eigenvalue weighted by Crippen LogP contribution is -2.12. The van der Waals surface area contributed by atoms with Gasteiger partial charge < -0.3 is 15.8 Å². The molecule has 11 heteroatoms. The fourth-order valence-electron chi connectivity index (χ4n) is 2.80. The summed E-state index contributed by atoms with van der Waals surface area (Å²) >= 11 is 2.59. The number of carbonyl (C=O) groups excluding carboxylic acids is 2. The van der Waals surface area contributed by atoms with Crippen molar-refractivity contribution in [2.75, 3.05) is 11.9 Å². The number of primary amides is 1. The minimum Gasteiger partial charge on any atom is -0.445 e. The number of amides is 2. The van der Waals surface area contributed by atoms with Gasteiger partial charge in [-0.2, -0.15) is 5.26 Å². The molecule has 184 valence electrons. The highest BCUT2D eigenvalue weighted by Crippen LogP contribution is 2.24. The van der Waals surface area contributed by atoms with Crippen LogP contribution in [0.3, 0.4) is 0 Å². The van der Waals surface area contributed by atoms with E-state index in [9.17, 15) is 9.59 Å². The number of hydrogen-bond donors (Lipinski definition) is 4. The molecule has 0 saturated heterocycles. The van der Waals surface area contributed by atoms with E-state index in [4.69, 9.17) is 16.1 Å². The van der Waals surface area contributed by atoms with Crippen molar-refractivity contribution < 1.29 is 14.3 Å². The molecule has 9 nitrogen and oxygen atoms in total. The van der Waals surface area contributed by atoms with E-state index in [0.717, 1.165) is 54.8 Å². The van der Waals surface area contributed by atoms with Gasteiger partial charge in [0.15, 0.2) is 5.13 Å². The minimum atomic E-state index is -0.802. The minimum absolute atomic E-state index is 0.0233. The average molecular weight is 513 g/mol. The highest BCUT2D eigenvalue weighted by molar-refractivity contribution is 7.95. The molecule has 6 N–H and O–H groups in total. The van der Waals surface area contributed by atoms with Crippen LogP contribution in [0.4, 0.5) is 9.93 Å². The van der Waals surface area contributed by atoms with Crippen LogP contribution in [0.15, 0.2) is 60.0 Å². The third-order valence-corrected chi connectivity index (χ3v) is 5.68. The van der Waals surface area contributed by atoms with Crippen molar-refractivity contribution in [1.29, 1.82) is 5.26 Å². The molecule has 0 atom stereocenters. The molecule has 2 aromatic carbocycles. The van der Waals surface area contributed by atoms with E-state index < -0.39 is 6.09 Å². The number of aromatic nitrogens is 1. The molecule has 3 rings (SSSR count). The first-order chi connectivity index (χ1) is 17.0. The Bertz CT molecular complexity index is 1080. The molecular formula is C24H28N6O3S2. The molecule has 0 aliphatic rings. The van der Waals surface area contributed by atoms with Crippen LogP contribution < -0.4 is 20.9 Å². The normalized spacial score (nSPS) is 9.94. The van der Waals surface area contributed by atoms with Gasteiger partial charge in [-0.15, -0.1) is 11.3 Å². The second-order valence-electron chi connectivity index (χ2n) is 7.19. The Balaban J connectivity index is 0.000000283. The Labute approximate surface area is 213 Å². The number of unbranched alkanes of at least 4 members (excludes halogenated alkanes) is 2. The lowest BCUT2D eigenvalue weighted by molar-refractivity contribution is -0.116. The lowest BCUT2D eigenvalue weighted by atomic mass is 10.2. The van der Waals surface area contributed by atoms with Gasteiger partial charge >= 0.3 is 6.09 Å². The van der Waals surface area contributed by atoms with Crippen molar-refractivity contribution in [2.24, 2.45) is 10.9 Å². The molecule has 0 spiro atoms. The van der Waals surface area contributed by atoms with E-state index in [1.807, 2.05) is 41.8 Å². The van der Waals surface area contributed by atoms with Crippen LogP contribution >= 0.6 is 23.5 Å². The van der Waals surface area contributed by atoms with Gasteiger partial charge in [-0.05, 0) is 30.5 Å². The summed E-state index contributed by atoms with van der Waals surface area (Å²) in [6.45, 7) is 1.01. The maximum absolute atomic E-state index is 11.9. The topological polar surface area (TPSA) is 156 Å². The summed E-state index contributed by atoms with van der Waals surface area (Å²) in [7, 11) is 0. The van der Waals surface area contributed by atoms with Gasteiger partial charge in [0.25, 0.3) is 0 Å². The fraction of sp³-hybridized carbons (Fsp3) is 0.250. The first-order valence-corrected chi connectivity index (χ1v) is 12.6. The number of hydrogen-bond acceptors (Lipinski definition) is 9. The Hall–Kier alpha value is -3.43. The summed E-state index contributed by atoms with van der Waals surface area (Å²) in [5.41, 5.74) is 8.11. The first kappa shape index (κ1) is 27.8. The lowest BCUT2D eigenvalue weighted by Gasteiger charge is -2.02. The Morgan fingerprint density at radius 2 is 1.83 bits per heavy atom. The highest BCUT2D eigenvalue weighted by Gasteiger charge is 2.07. The number of rotatable bonds is 11. The van der Waals surface area contributed by atoms with Crippen LogP contribution in [0.5, 0.6) is 0 Å². The molecule has 0 radical (unpaired) electrons. The Morgan fingerprint density at radius 1 is 1.09 bits per heavy atom. The third-order valence-electron chi connectivity index (χ3n) is 4.55. The number of nitrogens with one attached hydrogen (secondary N) is 2. The maximum Gasteiger partial charge on any atom is 0.404 e. The number of carbonyl (C=O) groups is 2. The molecule has 1 aromatic heterocycles. The predicted octanol–water partition coefficient (Wildman–Crippen LogP) is 4.57. The van der Waals surface area contributed by atoms with E-state index in [0.29, 0.717) is 17.1 Å². The Kier molecular flexibility index (Phi) is 12.9. The highest BCUT2D eigenvalue weighted by atomic mass is 32.2. The number of nitriles is 1. The molecule has 0 bridgehead atoms. The SMILES string of the molecule is N#Cc1ccc(COC(N)=O)cc1.NSNCCCCCC(=O)Nc1nc(-c2ccccc2)cs1. The summed E-state index contributed by atoms with van der Waals surface area (Å²) in [6.07, 6.45) is 2.63. The van der Waals surface area contributed by atoms with Gasteiger partial charge in [0, 0.05) is 36.0 Å². The zero-order valence-electron chi connectivity index (χ0n) is 19.1. The molecule has 0 aliphatic carbocycles. The zero-order valence-corrected chi connectivity index (χ0v) is 20.7. The molecule has 0 unspecified atom stereocenters. The summed E-state index contributed by atoms with van der Waals surface area (Å²) in [4.78, 5) is 26.6. The molecule has 0 aliphatic heterocycles. The molecule has 35 heavy (non-hydrogen) atoms. The summed E-state index contributed by atoms with van der Waals surface area (Å²) in [5.74, 6) is 0.0233. The predicted molar refractivity (Wildman–Crippen MR) is 140 cm³/mol. The van der Waals surface area contributed by atoms with Crippen LogP contribution in [-0.4, -0.2) is 23.5 Å². The van der Waals surface area contributed by atoms with Crippen molar-refractivity contribution in [3.8, 4) is 17.3 Å². The zero-order chi connectivity index (χ0) is 25.3. The van der Waals surface area contributed by atoms with Crippen molar-refractivity contribution in [3.63, 3.8) is 0 Å². The van der Waals surface area contributed by atoms with E-state index in [2.05, 4.69) is 19.8 Å². The number of benzene rings is 2. The molecule has 3 aromatic rings. The number of nitrogens with two attached hydrogens (primary N) is 2. The third kappa shape index (κ3) is 11.5. The molecule has 0 saturated carbocycles. The van der Waals surface area contributed by atoms with Crippen LogP contribution in [0, 0.1) is 11.3 Å². The van der Waals surface area contributed by atoms with Crippen LogP contribution in [0.25, 0.3) is 11.3 Å². The van der Waals surface area contributed by atoms with Crippen molar-refractivity contribution in [1.82, 2.24) is 9.71 Å². The monoisotopic (exact) mass is 512 g/mol. The quantitative estimate of drug-likeness (QED) is 0.215. The smallest absolute Gasteiger partial charge is 0.404 e. The van der Waals surface area contributed by atoms with E-state index in [1.54, 1.807) is 24.3 Å². The number of nitrogens with zero attached hydrogens (tertiary/aromatic N) is 2. The van der Waals surface area contributed by atoms with Gasteiger partial charge in [0.1, 0.15) is 6.61 Å². The van der Waals surface area contributed by atoms with Gasteiger partial charge in [-0.25, -0.2) is 9.78 Å². The fourth-order valence-corrected chi connectivity index (χ4v) is 3.80. The van der Waals surface area contributed by atoms with Gasteiger partial charge in [0.05, 0.1) is 17.3 Å². The van der Waals surface area contributed by atoms with Crippen LogP contribution in [-0.2, 0) is 16.1 Å². The maximum atomic E-state index is 11.9. The van der Waals surface area contributed by atoms with Crippen molar-refractivity contribution >= 4 is 40.6 Å². The van der Waals surface area contributed by atoms with E-state index >= 15 is 0 Å². The van der Waals surface area contributed by atoms with Gasteiger partial charge in [0.2, 0.25) is 5.91 Å². The van der Waals surface area contributed by atoms with Crippen LogP contribution in [0.2, 0.25) is 0 Å². The van der Waals surface area contributed by atoms with Crippen LogP contribution in [0.1, 0.15) is 36.8 Å². The van der Waals surface area contributed by atoms with Crippen molar-refractivity contribution in [2.45, 2.75) is 32.3 Å². The first-order valence-electron chi connectivity index (χ1n) is 10.8. The molecule has 0 fully saturated rings. The Morgan fingerprint density at radius 3 is 2.49 bits per heavy atom. The number of thiazole rings is 1. The van der Waals surface area contributed by atoms with Crippen molar-refractivity contribution in [3.05, 3.63) is 71.1 Å². The van der Waals surface area contributed by atoms with Gasteiger partial charge in [-0.1, -0.05) is 48.9 Å². The van der Waals surface area contributed by atoms with E-state index in [1.165, 1.54) is 11.3 Å². The second-order valence-corrected chi connectivity index (χ2v) is 8.57. The number of anilines is 1. The second kappa shape index (κ2) is 16.2. The summed E-state index contributed by atoms with van der Waals surface area (Å²) in [6, 6.07) is 18.7.